The fourth-order valence-electron chi connectivity index (χ4n) is 3.12. The van der Waals surface area contributed by atoms with Crippen molar-refractivity contribution in [3.63, 3.8) is 0 Å². The van der Waals surface area contributed by atoms with E-state index in [9.17, 15) is 0 Å². The third kappa shape index (κ3) is 3.88. The molecule has 5 rings (SSSR count). The predicted octanol–water partition coefficient (Wildman–Crippen LogP) is 4.90. The van der Waals surface area contributed by atoms with Crippen LogP contribution in [0.25, 0.3) is 17.0 Å². The number of hydrogen-bond acceptors (Lipinski definition) is 6. The van der Waals surface area contributed by atoms with Crippen molar-refractivity contribution >= 4 is 29.1 Å². The van der Waals surface area contributed by atoms with Gasteiger partial charge < -0.3 is 9.47 Å². The lowest BCUT2D eigenvalue weighted by molar-refractivity contribution is 0.297. The molecular formula is C21H17ClN4O2S. The number of thioether (sulfide) groups is 1. The molecule has 1 aliphatic rings. The zero-order valence-electron chi connectivity index (χ0n) is 15.4. The molecule has 0 fully saturated rings. The number of nitrogens with zero attached hydrogens (tertiary/aromatic N) is 4. The third-order valence-corrected chi connectivity index (χ3v) is 5.70. The lowest BCUT2D eigenvalue weighted by Crippen LogP contribution is -1.97. The van der Waals surface area contributed by atoms with E-state index in [0.29, 0.717) is 29.2 Å². The van der Waals surface area contributed by atoms with Crippen molar-refractivity contribution in [1.82, 2.24) is 19.6 Å². The summed E-state index contributed by atoms with van der Waals surface area (Å²) in [6, 6.07) is 15.6. The first-order chi connectivity index (χ1) is 14.3. The topological polar surface area (TPSA) is 61.5 Å². The molecule has 1 aliphatic heterocycles. The molecule has 0 radical (unpaired) electrons. The average Bonchev–Trinajstić information content (AvgIpc) is 3.02. The van der Waals surface area contributed by atoms with Crippen LogP contribution in [0.2, 0.25) is 5.02 Å². The van der Waals surface area contributed by atoms with E-state index >= 15 is 0 Å². The van der Waals surface area contributed by atoms with E-state index in [-0.39, 0.29) is 0 Å². The van der Waals surface area contributed by atoms with Crippen molar-refractivity contribution in [3.8, 4) is 22.8 Å². The van der Waals surface area contributed by atoms with Gasteiger partial charge in [-0.2, -0.15) is 9.50 Å². The molecule has 4 aromatic rings. The summed E-state index contributed by atoms with van der Waals surface area (Å²) >= 11 is 7.57. The van der Waals surface area contributed by atoms with Crippen molar-refractivity contribution in [2.24, 2.45) is 0 Å². The van der Waals surface area contributed by atoms with Gasteiger partial charge in [0.25, 0.3) is 5.78 Å². The van der Waals surface area contributed by atoms with Crippen LogP contribution in [0, 0.1) is 0 Å². The lowest BCUT2D eigenvalue weighted by Gasteiger charge is -2.08. The number of ether oxygens (including phenoxy) is 2. The Kier molecular flexibility index (Phi) is 4.99. The molecular weight excluding hydrogens is 408 g/mol. The first-order valence-electron chi connectivity index (χ1n) is 9.25. The minimum absolute atomic E-state index is 0.568. The van der Waals surface area contributed by atoms with E-state index in [1.54, 1.807) is 22.5 Å². The van der Waals surface area contributed by atoms with Crippen LogP contribution in [0.15, 0.2) is 59.9 Å². The standard InChI is InChI=1S/C21H17ClN4O2S/c22-16-5-3-15(4-6-16)17-8-9-23-20-24-21(25-26(17)20)29-13-14-2-7-18-19(12-14)28-11-1-10-27-18/h2-9,12H,1,10-11,13H2. The molecule has 0 spiro atoms. The van der Waals surface area contributed by atoms with Gasteiger partial charge in [-0.25, -0.2) is 4.98 Å². The number of fused-ring (bicyclic) bond motifs is 2. The monoisotopic (exact) mass is 424 g/mol. The van der Waals surface area contributed by atoms with Gasteiger partial charge in [0.05, 0.1) is 18.9 Å². The van der Waals surface area contributed by atoms with E-state index in [1.807, 2.05) is 48.5 Å². The van der Waals surface area contributed by atoms with Crippen molar-refractivity contribution in [2.45, 2.75) is 17.3 Å². The van der Waals surface area contributed by atoms with Gasteiger partial charge in [-0.15, -0.1) is 5.10 Å². The highest BCUT2D eigenvalue weighted by molar-refractivity contribution is 7.98. The van der Waals surface area contributed by atoms with E-state index in [1.165, 1.54) is 0 Å². The van der Waals surface area contributed by atoms with Gasteiger partial charge in [0.15, 0.2) is 11.5 Å². The van der Waals surface area contributed by atoms with Crippen LogP contribution in [0.1, 0.15) is 12.0 Å². The zero-order valence-corrected chi connectivity index (χ0v) is 17.0. The van der Waals surface area contributed by atoms with E-state index in [0.717, 1.165) is 40.5 Å². The predicted molar refractivity (Wildman–Crippen MR) is 113 cm³/mol. The molecule has 0 bridgehead atoms. The Balaban J connectivity index is 1.38. The third-order valence-electron chi connectivity index (χ3n) is 4.54. The minimum Gasteiger partial charge on any atom is -0.490 e. The molecule has 6 nitrogen and oxygen atoms in total. The van der Waals surface area contributed by atoms with Crippen LogP contribution in [0.5, 0.6) is 11.5 Å². The van der Waals surface area contributed by atoms with Gasteiger partial charge in [-0.1, -0.05) is 41.6 Å². The second-order valence-electron chi connectivity index (χ2n) is 6.56. The highest BCUT2D eigenvalue weighted by Gasteiger charge is 2.13. The Hall–Kier alpha value is -2.77. The molecule has 0 amide bonds. The Bertz CT molecular complexity index is 1160. The number of benzene rings is 2. The number of aromatic nitrogens is 4. The van der Waals surface area contributed by atoms with Crippen molar-refractivity contribution < 1.29 is 9.47 Å². The summed E-state index contributed by atoms with van der Waals surface area (Å²) < 4.78 is 13.2. The maximum Gasteiger partial charge on any atom is 0.253 e. The van der Waals surface area contributed by atoms with Crippen LogP contribution in [-0.2, 0) is 5.75 Å². The van der Waals surface area contributed by atoms with Crippen molar-refractivity contribution in [2.75, 3.05) is 13.2 Å². The molecule has 2 aromatic heterocycles. The smallest absolute Gasteiger partial charge is 0.253 e. The second-order valence-corrected chi connectivity index (χ2v) is 7.94. The summed E-state index contributed by atoms with van der Waals surface area (Å²) in [7, 11) is 0. The van der Waals surface area contributed by atoms with E-state index in [2.05, 4.69) is 15.1 Å². The second kappa shape index (κ2) is 7.93. The Morgan fingerprint density at radius 3 is 2.69 bits per heavy atom. The van der Waals surface area contributed by atoms with Crippen LogP contribution < -0.4 is 9.47 Å². The first-order valence-corrected chi connectivity index (χ1v) is 10.6. The van der Waals surface area contributed by atoms with Gasteiger partial charge in [0, 0.05) is 29.0 Å². The molecule has 146 valence electrons. The fraction of sp³-hybridized carbons (Fsp3) is 0.190. The van der Waals surface area contributed by atoms with Gasteiger partial charge in [-0.05, 0) is 35.9 Å². The summed E-state index contributed by atoms with van der Waals surface area (Å²) in [5.41, 5.74) is 3.05. The van der Waals surface area contributed by atoms with E-state index < -0.39 is 0 Å². The molecule has 0 saturated heterocycles. The molecule has 0 unspecified atom stereocenters. The summed E-state index contributed by atoms with van der Waals surface area (Å²) in [4.78, 5) is 8.90. The molecule has 0 saturated carbocycles. The average molecular weight is 425 g/mol. The maximum atomic E-state index is 6.01. The maximum absolute atomic E-state index is 6.01. The SMILES string of the molecule is Clc1ccc(-c2ccnc3nc(SCc4ccc5c(c4)OCCCO5)nn23)cc1. The highest BCUT2D eigenvalue weighted by atomic mass is 35.5. The minimum atomic E-state index is 0.568. The van der Waals surface area contributed by atoms with Crippen LogP contribution in [0.3, 0.4) is 0 Å². The molecule has 2 aromatic carbocycles. The molecule has 3 heterocycles. The van der Waals surface area contributed by atoms with Crippen LogP contribution >= 0.6 is 23.4 Å². The van der Waals surface area contributed by atoms with Crippen molar-refractivity contribution in [1.29, 1.82) is 0 Å². The fourth-order valence-corrected chi connectivity index (χ4v) is 4.01. The molecule has 0 atom stereocenters. The molecule has 0 N–H and O–H groups in total. The normalized spacial score (nSPS) is 13.4. The quantitative estimate of drug-likeness (QED) is 0.434. The molecule has 8 heteroatoms. The Labute approximate surface area is 176 Å². The number of halogens is 1. The van der Waals surface area contributed by atoms with Crippen molar-refractivity contribution in [3.05, 3.63) is 65.3 Å². The largest absolute Gasteiger partial charge is 0.490 e. The molecule has 29 heavy (non-hydrogen) atoms. The summed E-state index contributed by atoms with van der Waals surface area (Å²) in [5, 5.41) is 6.02. The highest BCUT2D eigenvalue weighted by Crippen LogP contribution is 2.32. The summed E-state index contributed by atoms with van der Waals surface area (Å²) in [5.74, 6) is 2.90. The summed E-state index contributed by atoms with van der Waals surface area (Å²) in [6.07, 6.45) is 2.64. The number of hydrogen-bond donors (Lipinski definition) is 0. The molecule has 0 aliphatic carbocycles. The van der Waals surface area contributed by atoms with Gasteiger partial charge in [0.2, 0.25) is 5.16 Å². The first kappa shape index (κ1) is 18.3. The zero-order chi connectivity index (χ0) is 19.6. The van der Waals surface area contributed by atoms with Gasteiger partial charge in [-0.3, -0.25) is 0 Å². The van der Waals surface area contributed by atoms with Crippen LogP contribution in [0.4, 0.5) is 0 Å². The van der Waals surface area contributed by atoms with Crippen LogP contribution in [-0.4, -0.2) is 32.8 Å². The summed E-state index contributed by atoms with van der Waals surface area (Å²) in [6.45, 7) is 1.37. The van der Waals surface area contributed by atoms with Gasteiger partial charge >= 0.3 is 0 Å². The lowest BCUT2D eigenvalue weighted by atomic mass is 10.1. The Morgan fingerprint density at radius 1 is 1.00 bits per heavy atom. The number of rotatable bonds is 4. The Morgan fingerprint density at radius 2 is 1.83 bits per heavy atom. The van der Waals surface area contributed by atoms with E-state index in [4.69, 9.17) is 21.1 Å². The van der Waals surface area contributed by atoms with Gasteiger partial charge in [0.1, 0.15) is 0 Å².